The van der Waals surface area contributed by atoms with Crippen molar-refractivity contribution in [2.45, 2.75) is 0 Å². The molecule has 0 aliphatic carbocycles. The molecule has 62 valence electrons. The van der Waals surface area contributed by atoms with Gasteiger partial charge < -0.3 is 0 Å². The molecule has 0 amide bonds. The topological polar surface area (TPSA) is 58.6 Å². The summed E-state index contributed by atoms with van der Waals surface area (Å²) < 4.78 is 1.82. The van der Waals surface area contributed by atoms with Crippen LogP contribution >= 0.6 is 0 Å². The molecule has 3 rings (SSSR count). The molecule has 0 saturated heterocycles. The van der Waals surface area contributed by atoms with Crippen molar-refractivity contribution >= 4 is 16.7 Å². The lowest BCUT2D eigenvalue weighted by atomic mass is 10.3. The molecule has 0 fully saturated rings. The van der Waals surface area contributed by atoms with Gasteiger partial charge in [0.05, 0.1) is 5.39 Å². The number of nitrogens with one attached hydrogen (secondary N) is 1. The second-order valence-electron chi connectivity index (χ2n) is 2.73. The highest BCUT2D eigenvalue weighted by Crippen LogP contribution is 2.08. The van der Waals surface area contributed by atoms with Crippen molar-refractivity contribution in [3.8, 4) is 0 Å². The van der Waals surface area contributed by atoms with Crippen LogP contribution in [-0.4, -0.2) is 20.2 Å². The third kappa shape index (κ3) is 0.807. The fraction of sp³-hybridized carbons (Fsp3) is 0. The Kier molecular flexibility index (Phi) is 1.11. The van der Waals surface area contributed by atoms with Gasteiger partial charge in [0.25, 0.3) is 0 Å². The van der Waals surface area contributed by atoms with Crippen LogP contribution in [0.1, 0.15) is 0 Å². The smallest absolute Gasteiger partial charge is 0.225 e. The van der Waals surface area contributed by atoms with Gasteiger partial charge in [-0.2, -0.15) is 9.50 Å². The maximum Gasteiger partial charge on any atom is 0.244 e. The molecule has 0 atom stereocenters. The second kappa shape index (κ2) is 2.22. The molecule has 5 nitrogen and oxygen atoms in total. The van der Waals surface area contributed by atoms with Gasteiger partial charge in [0, 0.05) is 6.20 Å². The quantitative estimate of drug-likeness (QED) is 0.489. The molecule has 0 saturated carbocycles. The van der Waals surface area contributed by atoms with Gasteiger partial charge >= 0.3 is 0 Å². The Morgan fingerprint density at radius 1 is 1.23 bits per heavy atom. The summed E-state index contributed by atoms with van der Waals surface area (Å²) in [6.07, 6.45) is 5.09. The van der Waals surface area contributed by atoms with E-state index in [2.05, 4.69) is 20.2 Å². The highest BCUT2D eigenvalue weighted by molar-refractivity contribution is 5.85. The predicted molar refractivity (Wildman–Crippen MR) is 44.8 cm³/mol. The van der Waals surface area contributed by atoms with Gasteiger partial charge in [0.15, 0.2) is 0 Å². The molecule has 3 aromatic rings. The summed E-state index contributed by atoms with van der Waals surface area (Å²) in [4.78, 5) is 8.31. The summed E-state index contributed by atoms with van der Waals surface area (Å²) in [5, 5.41) is 7.79. The SMILES string of the molecule is c1cnc2nc[n+]3cn[nH]c3c2c1. The Labute approximate surface area is 73.1 Å². The Bertz CT molecular complexity index is 571. The number of hydrogen-bond acceptors (Lipinski definition) is 3. The molecule has 3 aromatic heterocycles. The second-order valence-corrected chi connectivity index (χ2v) is 2.73. The fourth-order valence-electron chi connectivity index (χ4n) is 1.36. The van der Waals surface area contributed by atoms with Crippen molar-refractivity contribution in [1.82, 2.24) is 20.2 Å². The van der Waals surface area contributed by atoms with E-state index < -0.39 is 0 Å². The van der Waals surface area contributed by atoms with E-state index in [4.69, 9.17) is 0 Å². The predicted octanol–water partition coefficient (Wildman–Crippen LogP) is 0.0916. The number of pyridine rings is 1. The average molecular weight is 172 g/mol. The molecule has 0 unspecified atom stereocenters. The lowest BCUT2D eigenvalue weighted by Crippen LogP contribution is -2.18. The molecule has 0 radical (unpaired) electrons. The maximum atomic E-state index is 4.17. The number of aromatic amines is 1. The molecule has 5 heteroatoms. The molecule has 0 aliphatic heterocycles. The highest BCUT2D eigenvalue weighted by atomic mass is 15.2. The van der Waals surface area contributed by atoms with E-state index in [1.165, 1.54) is 0 Å². The molecule has 0 bridgehead atoms. The van der Waals surface area contributed by atoms with Crippen molar-refractivity contribution in [3.05, 3.63) is 31.0 Å². The van der Waals surface area contributed by atoms with Crippen molar-refractivity contribution in [2.24, 2.45) is 0 Å². The Morgan fingerprint density at radius 3 is 3.23 bits per heavy atom. The zero-order valence-electron chi connectivity index (χ0n) is 6.68. The minimum Gasteiger partial charge on any atom is -0.225 e. The van der Waals surface area contributed by atoms with Crippen LogP contribution in [0.25, 0.3) is 16.7 Å². The number of nitrogens with zero attached hydrogens (tertiary/aromatic N) is 4. The largest absolute Gasteiger partial charge is 0.244 e. The average Bonchev–Trinajstić information content (AvgIpc) is 2.65. The van der Waals surface area contributed by atoms with Gasteiger partial charge in [-0.3, -0.25) is 0 Å². The first kappa shape index (κ1) is 6.47. The van der Waals surface area contributed by atoms with Crippen LogP contribution in [0.4, 0.5) is 0 Å². The van der Waals surface area contributed by atoms with Crippen LogP contribution in [0.3, 0.4) is 0 Å². The Balaban J connectivity index is 2.65. The first-order valence-electron chi connectivity index (χ1n) is 3.89. The Morgan fingerprint density at radius 2 is 2.23 bits per heavy atom. The fourth-order valence-corrected chi connectivity index (χ4v) is 1.36. The van der Waals surface area contributed by atoms with Crippen LogP contribution in [0.15, 0.2) is 31.0 Å². The zero-order chi connectivity index (χ0) is 8.67. The monoisotopic (exact) mass is 172 g/mol. The van der Waals surface area contributed by atoms with Crippen molar-refractivity contribution in [3.63, 3.8) is 0 Å². The van der Waals surface area contributed by atoms with Gasteiger partial charge in [-0.15, -0.1) is 4.98 Å². The minimum atomic E-state index is 0.728. The molecule has 0 aliphatic rings. The third-order valence-corrected chi connectivity index (χ3v) is 1.96. The van der Waals surface area contributed by atoms with Crippen molar-refractivity contribution in [2.75, 3.05) is 0 Å². The van der Waals surface area contributed by atoms with Crippen molar-refractivity contribution < 1.29 is 4.40 Å². The number of aromatic nitrogens is 5. The lowest BCUT2D eigenvalue weighted by Gasteiger charge is -1.90. The van der Waals surface area contributed by atoms with Crippen LogP contribution in [0.5, 0.6) is 0 Å². The van der Waals surface area contributed by atoms with Gasteiger partial charge in [0.1, 0.15) is 0 Å². The number of fused-ring (bicyclic) bond motifs is 3. The molecular formula is C8H6N5+. The van der Waals surface area contributed by atoms with E-state index >= 15 is 0 Å². The highest BCUT2D eigenvalue weighted by Gasteiger charge is 2.07. The molecule has 0 spiro atoms. The van der Waals surface area contributed by atoms with E-state index in [0.717, 1.165) is 16.7 Å². The summed E-state index contributed by atoms with van der Waals surface area (Å²) in [6.45, 7) is 0. The molecular weight excluding hydrogens is 166 g/mol. The first-order valence-corrected chi connectivity index (χ1v) is 3.89. The Hall–Kier alpha value is -2.04. The third-order valence-electron chi connectivity index (χ3n) is 1.96. The van der Waals surface area contributed by atoms with E-state index in [1.54, 1.807) is 18.9 Å². The normalized spacial score (nSPS) is 11.1. The van der Waals surface area contributed by atoms with Crippen LogP contribution in [-0.2, 0) is 0 Å². The standard InChI is InChI=1S/C8H5N5/c1-2-6-7(9-3-1)10-4-13-5-11-12-8(6)13/h1-5H/p+1. The van der Waals surface area contributed by atoms with Gasteiger partial charge in [-0.1, -0.05) is 0 Å². The molecule has 1 N–H and O–H groups in total. The lowest BCUT2D eigenvalue weighted by molar-refractivity contribution is -0.514. The number of H-pyrrole nitrogens is 1. The van der Waals surface area contributed by atoms with Gasteiger partial charge in [0.2, 0.25) is 23.9 Å². The van der Waals surface area contributed by atoms with Crippen molar-refractivity contribution in [1.29, 1.82) is 0 Å². The summed E-state index contributed by atoms with van der Waals surface area (Å²) >= 11 is 0. The summed E-state index contributed by atoms with van der Waals surface area (Å²) in [6, 6.07) is 3.84. The number of rotatable bonds is 0. The summed E-state index contributed by atoms with van der Waals surface area (Å²) in [7, 11) is 0. The molecule has 3 heterocycles. The van der Waals surface area contributed by atoms with E-state index in [9.17, 15) is 0 Å². The van der Waals surface area contributed by atoms with E-state index in [-0.39, 0.29) is 0 Å². The van der Waals surface area contributed by atoms with E-state index in [1.807, 2.05) is 16.5 Å². The maximum absolute atomic E-state index is 4.17. The number of hydrogen-bond donors (Lipinski definition) is 1. The first-order chi connectivity index (χ1) is 6.45. The molecule has 0 aromatic carbocycles. The minimum absolute atomic E-state index is 0.728. The zero-order valence-corrected chi connectivity index (χ0v) is 6.68. The van der Waals surface area contributed by atoms with Crippen LogP contribution in [0, 0.1) is 0 Å². The van der Waals surface area contributed by atoms with Gasteiger partial charge in [-0.25, -0.2) is 4.98 Å². The molecule has 13 heavy (non-hydrogen) atoms. The van der Waals surface area contributed by atoms with Gasteiger partial charge in [-0.05, 0) is 17.2 Å². The van der Waals surface area contributed by atoms with E-state index in [0.29, 0.717) is 0 Å². The summed E-state index contributed by atoms with van der Waals surface area (Å²) in [5.74, 6) is 0. The summed E-state index contributed by atoms with van der Waals surface area (Å²) in [5.41, 5.74) is 1.64. The van der Waals surface area contributed by atoms with Crippen LogP contribution in [0.2, 0.25) is 0 Å². The van der Waals surface area contributed by atoms with Crippen LogP contribution < -0.4 is 4.40 Å².